The lowest BCUT2D eigenvalue weighted by molar-refractivity contribution is 0.0991. The summed E-state index contributed by atoms with van der Waals surface area (Å²) < 4.78 is 27.6. The van der Waals surface area contributed by atoms with Crippen molar-refractivity contribution in [1.29, 1.82) is 0 Å². The number of pyridine rings is 1. The summed E-state index contributed by atoms with van der Waals surface area (Å²) in [5, 5.41) is 2.20. The summed E-state index contributed by atoms with van der Waals surface area (Å²) in [5.41, 5.74) is 4.11. The molecule has 0 saturated carbocycles. The first-order valence-electron chi connectivity index (χ1n) is 5.60. The second-order valence-corrected chi connectivity index (χ2v) is 4.91. The monoisotopic (exact) mass is 355 g/mol. The summed E-state index contributed by atoms with van der Waals surface area (Å²) >= 11 is 3.16. The highest BCUT2D eigenvalue weighted by Crippen LogP contribution is 2.20. The molecule has 5 nitrogen and oxygen atoms in total. The van der Waals surface area contributed by atoms with Gasteiger partial charge in [-0.2, -0.15) is 0 Å². The highest BCUT2D eigenvalue weighted by molar-refractivity contribution is 9.10. The molecule has 1 aromatic heterocycles. The molecule has 21 heavy (non-hydrogen) atoms. The number of nitrogens with zero attached hydrogens (tertiary/aromatic N) is 1. The minimum Gasteiger partial charge on any atom is -0.366 e. The van der Waals surface area contributed by atoms with Gasteiger partial charge in [-0.15, -0.1) is 0 Å². The summed E-state index contributed by atoms with van der Waals surface area (Å²) in [6.07, 6.45) is 1.39. The molecule has 0 aliphatic heterocycles. The molecule has 8 heteroatoms. The fourth-order valence-electron chi connectivity index (χ4n) is 1.53. The van der Waals surface area contributed by atoms with Gasteiger partial charge in [-0.3, -0.25) is 9.59 Å². The number of amides is 2. The molecule has 0 fully saturated rings. The van der Waals surface area contributed by atoms with Crippen molar-refractivity contribution in [3.05, 3.63) is 57.8 Å². The van der Waals surface area contributed by atoms with Gasteiger partial charge < -0.3 is 11.1 Å². The Hall–Kier alpha value is -2.35. The first kappa shape index (κ1) is 15.0. The number of rotatable bonds is 3. The third-order valence-electron chi connectivity index (χ3n) is 2.53. The summed E-state index contributed by atoms with van der Waals surface area (Å²) in [5.74, 6) is -3.89. The van der Waals surface area contributed by atoms with E-state index >= 15 is 0 Å². The second kappa shape index (κ2) is 5.96. The first-order chi connectivity index (χ1) is 9.88. The molecule has 0 bridgehead atoms. The zero-order valence-electron chi connectivity index (χ0n) is 10.4. The van der Waals surface area contributed by atoms with Crippen LogP contribution in [0.1, 0.15) is 20.8 Å². The lowest BCUT2D eigenvalue weighted by Gasteiger charge is -2.08. The van der Waals surface area contributed by atoms with Gasteiger partial charge in [0, 0.05) is 16.7 Å². The molecule has 1 heterocycles. The highest BCUT2D eigenvalue weighted by atomic mass is 79.9. The van der Waals surface area contributed by atoms with Crippen LogP contribution in [0.25, 0.3) is 0 Å². The van der Waals surface area contributed by atoms with Crippen molar-refractivity contribution in [2.75, 3.05) is 5.32 Å². The SMILES string of the molecule is NC(=O)c1cc(NC(=O)c2ccc(Br)cn2)c(F)cc1F. The van der Waals surface area contributed by atoms with Gasteiger partial charge in [-0.05, 0) is 34.1 Å². The number of nitrogens with two attached hydrogens (primary N) is 1. The van der Waals surface area contributed by atoms with E-state index < -0.39 is 29.0 Å². The van der Waals surface area contributed by atoms with Gasteiger partial charge in [-0.1, -0.05) is 0 Å². The predicted molar refractivity (Wildman–Crippen MR) is 74.8 cm³/mol. The van der Waals surface area contributed by atoms with Crippen LogP contribution in [0.15, 0.2) is 34.9 Å². The zero-order chi connectivity index (χ0) is 15.6. The number of halogens is 3. The molecule has 0 saturated heterocycles. The highest BCUT2D eigenvalue weighted by Gasteiger charge is 2.16. The largest absolute Gasteiger partial charge is 0.366 e. The van der Waals surface area contributed by atoms with Crippen molar-refractivity contribution in [3.63, 3.8) is 0 Å². The quantitative estimate of drug-likeness (QED) is 0.886. The van der Waals surface area contributed by atoms with Crippen LogP contribution in [0.5, 0.6) is 0 Å². The standard InChI is InChI=1S/C13H8BrF2N3O2/c14-6-1-2-10(18-5-6)13(21)19-11-3-7(12(17)20)8(15)4-9(11)16/h1-5H,(H2,17,20)(H,19,21). The third kappa shape index (κ3) is 3.40. The van der Waals surface area contributed by atoms with Crippen LogP contribution < -0.4 is 11.1 Å². The van der Waals surface area contributed by atoms with E-state index in [-0.39, 0.29) is 11.4 Å². The van der Waals surface area contributed by atoms with Gasteiger partial charge in [0.25, 0.3) is 11.8 Å². The summed E-state index contributed by atoms with van der Waals surface area (Å²) in [6, 6.07) is 4.31. The Labute approximate surface area is 126 Å². The van der Waals surface area contributed by atoms with Crippen LogP contribution in [0.2, 0.25) is 0 Å². The number of benzene rings is 1. The Morgan fingerprint density at radius 1 is 1.19 bits per heavy atom. The molecule has 0 unspecified atom stereocenters. The second-order valence-electron chi connectivity index (χ2n) is 3.99. The number of aromatic nitrogens is 1. The molecule has 108 valence electrons. The fourth-order valence-corrected chi connectivity index (χ4v) is 1.76. The molecular formula is C13H8BrF2N3O2. The van der Waals surface area contributed by atoms with Gasteiger partial charge in [-0.25, -0.2) is 13.8 Å². The molecule has 2 aromatic rings. The number of nitrogens with one attached hydrogen (secondary N) is 1. The van der Waals surface area contributed by atoms with Gasteiger partial charge in [0.1, 0.15) is 17.3 Å². The van der Waals surface area contributed by atoms with Gasteiger partial charge in [0.15, 0.2) is 0 Å². The van der Waals surface area contributed by atoms with E-state index in [9.17, 15) is 18.4 Å². The lowest BCUT2D eigenvalue weighted by atomic mass is 10.1. The third-order valence-corrected chi connectivity index (χ3v) is 3.00. The summed E-state index contributed by atoms with van der Waals surface area (Å²) in [6.45, 7) is 0. The van der Waals surface area contributed by atoms with E-state index in [2.05, 4.69) is 26.2 Å². The molecule has 2 amide bonds. The smallest absolute Gasteiger partial charge is 0.274 e. The topological polar surface area (TPSA) is 85.1 Å². The van der Waals surface area contributed by atoms with Crippen LogP contribution in [-0.2, 0) is 0 Å². The molecule has 0 spiro atoms. The van der Waals surface area contributed by atoms with E-state index in [4.69, 9.17) is 5.73 Å². The maximum absolute atomic E-state index is 13.6. The molecule has 2 rings (SSSR count). The predicted octanol–water partition coefficient (Wildman–Crippen LogP) is 2.47. The normalized spacial score (nSPS) is 10.2. The van der Waals surface area contributed by atoms with Gasteiger partial charge in [0.05, 0.1) is 11.3 Å². The van der Waals surface area contributed by atoms with E-state index in [0.717, 1.165) is 6.07 Å². The Bertz CT molecular complexity index is 720. The number of hydrogen-bond acceptors (Lipinski definition) is 3. The molecule has 0 aliphatic carbocycles. The van der Waals surface area contributed by atoms with Crippen LogP contribution in [0.4, 0.5) is 14.5 Å². The Morgan fingerprint density at radius 2 is 1.90 bits per heavy atom. The lowest BCUT2D eigenvalue weighted by Crippen LogP contribution is -2.17. The maximum atomic E-state index is 13.6. The molecular weight excluding hydrogens is 348 g/mol. The van der Waals surface area contributed by atoms with E-state index in [1.54, 1.807) is 6.07 Å². The minimum atomic E-state index is -1.10. The van der Waals surface area contributed by atoms with Gasteiger partial charge in [0.2, 0.25) is 0 Å². The Balaban J connectivity index is 2.30. The van der Waals surface area contributed by atoms with Crippen LogP contribution >= 0.6 is 15.9 Å². The maximum Gasteiger partial charge on any atom is 0.274 e. The van der Waals surface area contributed by atoms with Crippen molar-refractivity contribution in [2.24, 2.45) is 5.73 Å². The minimum absolute atomic E-state index is 0.0301. The number of carbonyl (C=O) groups is 2. The van der Waals surface area contributed by atoms with Crippen molar-refractivity contribution >= 4 is 33.4 Å². The van der Waals surface area contributed by atoms with Crippen molar-refractivity contribution in [1.82, 2.24) is 4.98 Å². The average Bonchev–Trinajstić information content (AvgIpc) is 2.42. The molecule has 1 aromatic carbocycles. The number of carbonyl (C=O) groups excluding carboxylic acids is 2. The molecule has 0 radical (unpaired) electrons. The van der Waals surface area contributed by atoms with E-state index in [1.165, 1.54) is 12.3 Å². The van der Waals surface area contributed by atoms with E-state index in [0.29, 0.717) is 10.5 Å². The number of hydrogen-bond donors (Lipinski definition) is 2. The van der Waals surface area contributed by atoms with Gasteiger partial charge >= 0.3 is 0 Å². The molecule has 0 atom stereocenters. The van der Waals surface area contributed by atoms with Crippen molar-refractivity contribution in [3.8, 4) is 0 Å². The molecule has 3 N–H and O–H groups in total. The Kier molecular flexibility index (Phi) is 4.27. The van der Waals surface area contributed by atoms with Crippen molar-refractivity contribution < 1.29 is 18.4 Å². The zero-order valence-corrected chi connectivity index (χ0v) is 11.9. The number of primary amides is 1. The van der Waals surface area contributed by atoms with Crippen LogP contribution in [0, 0.1) is 11.6 Å². The summed E-state index contributed by atoms with van der Waals surface area (Å²) in [4.78, 5) is 26.7. The van der Waals surface area contributed by atoms with Crippen LogP contribution in [-0.4, -0.2) is 16.8 Å². The Morgan fingerprint density at radius 3 is 2.48 bits per heavy atom. The van der Waals surface area contributed by atoms with Crippen molar-refractivity contribution in [2.45, 2.75) is 0 Å². The number of anilines is 1. The molecule has 0 aliphatic rings. The van der Waals surface area contributed by atoms with E-state index in [1.807, 2.05) is 0 Å². The summed E-state index contributed by atoms with van der Waals surface area (Å²) in [7, 11) is 0. The average molecular weight is 356 g/mol. The van der Waals surface area contributed by atoms with Crippen LogP contribution in [0.3, 0.4) is 0 Å². The fraction of sp³-hybridized carbons (Fsp3) is 0. The first-order valence-corrected chi connectivity index (χ1v) is 6.39.